The summed E-state index contributed by atoms with van der Waals surface area (Å²) in [6.07, 6.45) is 0. The van der Waals surface area contributed by atoms with E-state index in [-0.39, 0.29) is 11.6 Å². The summed E-state index contributed by atoms with van der Waals surface area (Å²) in [6.45, 7) is 2.81. The maximum Gasteiger partial charge on any atom is 0.135 e. The lowest BCUT2D eigenvalue weighted by Gasteiger charge is -2.10. The van der Waals surface area contributed by atoms with Crippen molar-refractivity contribution in [2.75, 3.05) is 13.7 Å². The van der Waals surface area contributed by atoms with Crippen molar-refractivity contribution in [3.8, 4) is 0 Å². The second-order valence-corrected chi connectivity index (χ2v) is 3.57. The fourth-order valence-electron chi connectivity index (χ4n) is 1.38. The third-order valence-corrected chi connectivity index (χ3v) is 2.22. The Hall–Kier alpha value is -1.00. The molecule has 0 aliphatic heterocycles. The minimum atomic E-state index is -0.490. The Labute approximate surface area is 88.3 Å². The smallest absolute Gasteiger partial charge is 0.135 e. The van der Waals surface area contributed by atoms with E-state index in [1.807, 2.05) is 12.2 Å². The van der Waals surface area contributed by atoms with Crippen LogP contribution >= 0.6 is 0 Å². The Morgan fingerprint density at radius 3 is 2.47 bits per heavy atom. The fourth-order valence-corrected chi connectivity index (χ4v) is 1.38. The summed E-state index contributed by atoms with van der Waals surface area (Å²) in [6, 6.07) is 4.10. The molecule has 0 aromatic heterocycles. The van der Waals surface area contributed by atoms with E-state index in [9.17, 15) is 8.78 Å². The number of hydrogen-bond acceptors (Lipinski definition) is 1. The molecule has 0 amide bonds. The van der Waals surface area contributed by atoms with Crippen molar-refractivity contribution in [1.29, 1.82) is 0 Å². The van der Waals surface area contributed by atoms with Crippen LogP contribution in [-0.2, 0) is 11.3 Å². The molecule has 1 aromatic rings. The van der Waals surface area contributed by atoms with Gasteiger partial charge in [-0.25, -0.2) is 8.78 Å². The van der Waals surface area contributed by atoms with Crippen molar-refractivity contribution < 1.29 is 18.8 Å². The third kappa shape index (κ3) is 3.57. The molecule has 1 unspecified atom stereocenters. The van der Waals surface area contributed by atoms with E-state index in [2.05, 4.69) is 0 Å². The Bertz CT molecular complexity index is 297. The van der Waals surface area contributed by atoms with Crippen LogP contribution in [0.3, 0.4) is 0 Å². The zero-order valence-corrected chi connectivity index (χ0v) is 8.97. The summed E-state index contributed by atoms with van der Waals surface area (Å²) in [5.41, 5.74) is 0.125. The first-order valence-corrected chi connectivity index (χ1v) is 4.90. The second kappa shape index (κ2) is 5.78. The summed E-state index contributed by atoms with van der Waals surface area (Å²) in [4.78, 5) is 0. The molecule has 0 bridgehead atoms. The molecule has 2 N–H and O–H groups in total. The van der Waals surface area contributed by atoms with Crippen LogP contribution in [0.4, 0.5) is 8.78 Å². The van der Waals surface area contributed by atoms with Gasteiger partial charge in [-0.3, -0.25) is 0 Å². The normalized spacial score (nSPS) is 12.8. The van der Waals surface area contributed by atoms with Crippen molar-refractivity contribution in [2.24, 2.45) is 0 Å². The lowest BCUT2D eigenvalue weighted by Crippen LogP contribution is -2.88. The monoisotopic (exact) mass is 216 g/mol. The van der Waals surface area contributed by atoms with Crippen LogP contribution in [0, 0.1) is 11.6 Å². The molecular formula is C11H16F2NO+. The second-order valence-electron chi connectivity index (χ2n) is 3.57. The van der Waals surface area contributed by atoms with Gasteiger partial charge in [0.05, 0.1) is 12.2 Å². The van der Waals surface area contributed by atoms with Crippen molar-refractivity contribution in [3.63, 3.8) is 0 Å². The average Bonchev–Trinajstić information content (AvgIpc) is 2.17. The van der Waals surface area contributed by atoms with Crippen LogP contribution < -0.4 is 5.32 Å². The van der Waals surface area contributed by atoms with Gasteiger partial charge in [0.1, 0.15) is 24.2 Å². The highest BCUT2D eigenvalue weighted by Crippen LogP contribution is 2.09. The van der Waals surface area contributed by atoms with Gasteiger partial charge in [0.15, 0.2) is 0 Å². The molecule has 0 aliphatic carbocycles. The predicted octanol–water partition coefficient (Wildman–Crippen LogP) is 1.06. The highest BCUT2D eigenvalue weighted by Gasteiger charge is 2.12. The van der Waals surface area contributed by atoms with Gasteiger partial charge >= 0.3 is 0 Å². The molecule has 0 radical (unpaired) electrons. The zero-order valence-electron chi connectivity index (χ0n) is 8.97. The van der Waals surface area contributed by atoms with Gasteiger partial charge in [-0.15, -0.1) is 0 Å². The molecule has 84 valence electrons. The summed E-state index contributed by atoms with van der Waals surface area (Å²) in [5.74, 6) is -0.980. The number of benzene rings is 1. The van der Waals surface area contributed by atoms with Gasteiger partial charge in [-0.05, 0) is 19.1 Å². The molecule has 0 saturated carbocycles. The van der Waals surface area contributed by atoms with Crippen molar-refractivity contribution in [2.45, 2.75) is 19.5 Å². The topological polar surface area (TPSA) is 25.8 Å². The fraction of sp³-hybridized carbons (Fsp3) is 0.455. The number of halogens is 2. The molecule has 1 rings (SSSR count). The van der Waals surface area contributed by atoms with Crippen LogP contribution in [0.25, 0.3) is 0 Å². The van der Waals surface area contributed by atoms with Gasteiger partial charge < -0.3 is 10.1 Å². The lowest BCUT2D eigenvalue weighted by atomic mass is 10.2. The Morgan fingerprint density at radius 2 is 1.93 bits per heavy atom. The molecule has 0 saturated heterocycles. The Morgan fingerprint density at radius 1 is 1.33 bits per heavy atom. The van der Waals surface area contributed by atoms with Crippen LogP contribution in [-0.4, -0.2) is 19.8 Å². The molecule has 4 heteroatoms. The molecule has 0 heterocycles. The van der Waals surface area contributed by atoms with Crippen molar-refractivity contribution in [1.82, 2.24) is 0 Å². The van der Waals surface area contributed by atoms with Crippen LogP contribution in [0.1, 0.15) is 12.5 Å². The van der Waals surface area contributed by atoms with Crippen LogP contribution in [0.2, 0.25) is 0 Å². The third-order valence-electron chi connectivity index (χ3n) is 2.22. The minimum Gasteiger partial charge on any atom is -0.379 e. The minimum absolute atomic E-state index is 0.125. The Balaban J connectivity index is 2.57. The number of quaternary nitrogens is 1. The summed E-state index contributed by atoms with van der Waals surface area (Å²) < 4.78 is 31.3. The van der Waals surface area contributed by atoms with Gasteiger partial charge in [0.25, 0.3) is 0 Å². The first-order valence-electron chi connectivity index (χ1n) is 4.90. The van der Waals surface area contributed by atoms with Crippen molar-refractivity contribution in [3.05, 3.63) is 35.4 Å². The van der Waals surface area contributed by atoms with E-state index in [1.165, 1.54) is 18.2 Å². The highest BCUT2D eigenvalue weighted by molar-refractivity contribution is 5.18. The van der Waals surface area contributed by atoms with Crippen LogP contribution in [0.5, 0.6) is 0 Å². The van der Waals surface area contributed by atoms with Gasteiger partial charge in [0.2, 0.25) is 0 Å². The number of methoxy groups -OCH3 is 1. The van der Waals surface area contributed by atoms with Gasteiger partial charge in [-0.2, -0.15) is 0 Å². The van der Waals surface area contributed by atoms with E-state index in [0.717, 1.165) is 0 Å². The molecule has 15 heavy (non-hydrogen) atoms. The maximum atomic E-state index is 13.2. The predicted molar refractivity (Wildman–Crippen MR) is 53.3 cm³/mol. The molecule has 1 atom stereocenters. The summed E-state index contributed by atoms with van der Waals surface area (Å²) >= 11 is 0. The number of ether oxygens (including phenoxy) is 1. The molecule has 1 aromatic carbocycles. The SMILES string of the molecule is COCC(C)[NH2+]Cc1c(F)cccc1F. The quantitative estimate of drug-likeness (QED) is 0.782. The molecule has 0 aliphatic rings. The van der Waals surface area contributed by atoms with E-state index >= 15 is 0 Å². The van der Waals surface area contributed by atoms with Gasteiger partial charge in [0, 0.05) is 7.11 Å². The van der Waals surface area contributed by atoms with Gasteiger partial charge in [-0.1, -0.05) is 6.07 Å². The molecular weight excluding hydrogens is 200 g/mol. The first kappa shape index (κ1) is 12.1. The average molecular weight is 216 g/mol. The largest absolute Gasteiger partial charge is 0.379 e. The number of hydrogen-bond donors (Lipinski definition) is 1. The Kier molecular flexibility index (Phi) is 4.65. The van der Waals surface area contributed by atoms with Crippen molar-refractivity contribution >= 4 is 0 Å². The van der Waals surface area contributed by atoms with E-state index < -0.39 is 11.6 Å². The number of rotatable bonds is 5. The zero-order chi connectivity index (χ0) is 11.3. The van der Waals surface area contributed by atoms with E-state index in [1.54, 1.807) is 7.11 Å². The van der Waals surface area contributed by atoms with E-state index in [0.29, 0.717) is 13.2 Å². The summed E-state index contributed by atoms with van der Waals surface area (Å²) in [5, 5.41) is 1.85. The maximum absolute atomic E-state index is 13.2. The molecule has 0 fully saturated rings. The van der Waals surface area contributed by atoms with E-state index in [4.69, 9.17) is 4.74 Å². The summed E-state index contributed by atoms with van der Waals surface area (Å²) in [7, 11) is 1.61. The lowest BCUT2D eigenvalue weighted by molar-refractivity contribution is -0.703. The number of nitrogens with two attached hydrogens (primary N) is 1. The van der Waals surface area contributed by atoms with Crippen LogP contribution in [0.15, 0.2) is 18.2 Å². The molecule has 0 spiro atoms. The first-order chi connectivity index (χ1) is 7.15. The molecule has 2 nitrogen and oxygen atoms in total. The standard InChI is InChI=1S/C11H15F2NO/c1-8(7-15-2)14-6-9-10(12)4-3-5-11(9)13/h3-5,8,14H,6-7H2,1-2H3/p+1. The highest BCUT2D eigenvalue weighted by atomic mass is 19.1.